The average Bonchev–Trinajstić information content (AvgIpc) is 2.73. The van der Waals surface area contributed by atoms with Crippen LogP contribution in [0, 0.1) is 11.7 Å². The third kappa shape index (κ3) is 3.99. The molecule has 2 amide bonds. The molecule has 1 aliphatic rings. The molecule has 1 atom stereocenters. The molecule has 3 aromatic rings. The average molecular weight is 393 g/mol. The number of urea groups is 1. The van der Waals surface area contributed by atoms with Gasteiger partial charge in [-0.3, -0.25) is 0 Å². The molecule has 1 fully saturated rings. The van der Waals surface area contributed by atoms with Crippen LogP contribution in [0.25, 0.3) is 10.9 Å². The molecule has 1 N–H and O–H groups in total. The Morgan fingerprint density at radius 1 is 1.14 bits per heavy atom. The van der Waals surface area contributed by atoms with E-state index in [0.717, 1.165) is 16.7 Å². The zero-order valence-electron chi connectivity index (χ0n) is 16.5. The number of hydrogen-bond donors (Lipinski definition) is 1. The van der Waals surface area contributed by atoms with E-state index in [-0.39, 0.29) is 23.8 Å². The standard InChI is InChI=1S/C22H24FN5O/c1-15(2)20-13-27(21-18-8-3-4-9-19(18)24-14-25-21)10-11-28(20)22(29)26-17-7-5-6-16(23)12-17/h3-9,12,14-15,20H,10-11,13H2,1-2H3,(H,26,29). The lowest BCUT2D eigenvalue weighted by Gasteiger charge is -2.43. The van der Waals surface area contributed by atoms with E-state index in [1.165, 1.54) is 12.1 Å². The molecule has 4 rings (SSSR count). The van der Waals surface area contributed by atoms with Crippen LogP contribution in [0.5, 0.6) is 0 Å². The minimum atomic E-state index is -0.372. The lowest BCUT2D eigenvalue weighted by Crippen LogP contribution is -2.58. The second-order valence-corrected chi connectivity index (χ2v) is 7.61. The van der Waals surface area contributed by atoms with Gasteiger partial charge in [0.05, 0.1) is 11.6 Å². The fourth-order valence-electron chi connectivity index (χ4n) is 3.83. The van der Waals surface area contributed by atoms with Crippen molar-refractivity contribution < 1.29 is 9.18 Å². The van der Waals surface area contributed by atoms with Gasteiger partial charge in [-0.2, -0.15) is 0 Å². The van der Waals surface area contributed by atoms with Gasteiger partial charge in [0.15, 0.2) is 0 Å². The lowest BCUT2D eigenvalue weighted by atomic mass is 9.99. The maximum absolute atomic E-state index is 13.4. The molecular weight excluding hydrogens is 369 g/mol. The number of nitrogens with zero attached hydrogens (tertiary/aromatic N) is 4. The third-order valence-electron chi connectivity index (χ3n) is 5.35. The molecular formula is C22H24FN5O. The Bertz CT molecular complexity index is 1020. The van der Waals surface area contributed by atoms with Crippen molar-refractivity contribution in [2.75, 3.05) is 29.9 Å². The Morgan fingerprint density at radius 3 is 2.76 bits per heavy atom. The summed E-state index contributed by atoms with van der Waals surface area (Å²) in [6, 6.07) is 13.7. The number of nitrogens with one attached hydrogen (secondary N) is 1. The van der Waals surface area contributed by atoms with Gasteiger partial charge in [0.2, 0.25) is 0 Å². The normalized spacial score (nSPS) is 17.0. The molecule has 7 heteroatoms. The molecule has 0 bridgehead atoms. The molecule has 29 heavy (non-hydrogen) atoms. The molecule has 1 aromatic heterocycles. The second kappa shape index (κ2) is 8.03. The van der Waals surface area contributed by atoms with E-state index >= 15 is 0 Å². The van der Waals surface area contributed by atoms with E-state index in [1.54, 1.807) is 18.5 Å². The summed E-state index contributed by atoms with van der Waals surface area (Å²) >= 11 is 0. The molecule has 2 heterocycles. The van der Waals surface area contributed by atoms with Gasteiger partial charge >= 0.3 is 6.03 Å². The number of halogens is 1. The predicted molar refractivity (Wildman–Crippen MR) is 113 cm³/mol. The number of aromatic nitrogens is 2. The van der Waals surface area contributed by atoms with Gasteiger partial charge < -0.3 is 15.1 Å². The smallest absolute Gasteiger partial charge is 0.322 e. The highest BCUT2D eigenvalue weighted by molar-refractivity contribution is 5.91. The van der Waals surface area contributed by atoms with Crippen molar-refractivity contribution in [3.05, 3.63) is 60.7 Å². The van der Waals surface area contributed by atoms with Gasteiger partial charge in [0.1, 0.15) is 18.0 Å². The summed E-state index contributed by atoms with van der Waals surface area (Å²) < 4.78 is 13.4. The Labute approximate surface area is 169 Å². The topological polar surface area (TPSA) is 61.4 Å². The molecule has 1 unspecified atom stereocenters. The molecule has 0 spiro atoms. The monoisotopic (exact) mass is 393 g/mol. The Kier molecular flexibility index (Phi) is 5.29. The van der Waals surface area contributed by atoms with Crippen molar-refractivity contribution in [1.82, 2.24) is 14.9 Å². The molecule has 1 saturated heterocycles. The van der Waals surface area contributed by atoms with E-state index in [2.05, 4.69) is 34.0 Å². The number of amides is 2. The number of fused-ring (bicyclic) bond motifs is 1. The number of hydrogen-bond acceptors (Lipinski definition) is 4. The fourth-order valence-corrected chi connectivity index (χ4v) is 3.83. The number of anilines is 2. The van der Waals surface area contributed by atoms with Gasteiger partial charge in [-0.1, -0.05) is 32.0 Å². The summed E-state index contributed by atoms with van der Waals surface area (Å²) in [6.45, 7) is 6.11. The summed E-state index contributed by atoms with van der Waals surface area (Å²) in [7, 11) is 0. The van der Waals surface area contributed by atoms with Crippen molar-refractivity contribution in [2.24, 2.45) is 5.92 Å². The van der Waals surface area contributed by atoms with Crippen LogP contribution in [-0.2, 0) is 0 Å². The first-order valence-electron chi connectivity index (χ1n) is 9.81. The summed E-state index contributed by atoms with van der Waals surface area (Å²) in [6.07, 6.45) is 1.59. The van der Waals surface area contributed by atoms with Crippen molar-refractivity contribution in [3.63, 3.8) is 0 Å². The van der Waals surface area contributed by atoms with E-state index in [4.69, 9.17) is 0 Å². The van der Waals surface area contributed by atoms with Crippen LogP contribution in [0.2, 0.25) is 0 Å². The van der Waals surface area contributed by atoms with Gasteiger partial charge in [-0.15, -0.1) is 0 Å². The maximum atomic E-state index is 13.4. The van der Waals surface area contributed by atoms with Crippen LogP contribution in [-0.4, -0.2) is 46.6 Å². The van der Waals surface area contributed by atoms with E-state index in [0.29, 0.717) is 25.3 Å². The number of para-hydroxylation sites is 1. The lowest BCUT2D eigenvalue weighted by molar-refractivity contribution is 0.156. The van der Waals surface area contributed by atoms with Crippen LogP contribution in [0.15, 0.2) is 54.9 Å². The highest BCUT2D eigenvalue weighted by Crippen LogP contribution is 2.27. The summed E-state index contributed by atoms with van der Waals surface area (Å²) in [5.74, 6) is 0.777. The zero-order valence-corrected chi connectivity index (χ0v) is 16.5. The first-order valence-corrected chi connectivity index (χ1v) is 9.81. The van der Waals surface area contributed by atoms with Gasteiger partial charge in [-0.25, -0.2) is 19.2 Å². The van der Waals surface area contributed by atoms with Crippen LogP contribution in [0.1, 0.15) is 13.8 Å². The number of carbonyl (C=O) groups is 1. The number of carbonyl (C=O) groups excluding carboxylic acids is 1. The van der Waals surface area contributed by atoms with Crippen molar-refractivity contribution in [1.29, 1.82) is 0 Å². The number of rotatable bonds is 3. The summed E-state index contributed by atoms with van der Waals surface area (Å²) in [5, 5.41) is 3.83. The van der Waals surface area contributed by atoms with E-state index in [1.807, 2.05) is 29.2 Å². The molecule has 2 aromatic carbocycles. The quantitative estimate of drug-likeness (QED) is 0.726. The summed E-state index contributed by atoms with van der Waals surface area (Å²) in [4.78, 5) is 25.8. The minimum Gasteiger partial charge on any atom is -0.352 e. The van der Waals surface area contributed by atoms with Gasteiger partial charge in [-0.05, 0) is 36.2 Å². The zero-order chi connectivity index (χ0) is 20.4. The van der Waals surface area contributed by atoms with E-state index in [9.17, 15) is 9.18 Å². The van der Waals surface area contributed by atoms with Crippen LogP contribution in [0.4, 0.5) is 20.7 Å². The first-order chi connectivity index (χ1) is 14.0. The minimum absolute atomic E-state index is 0.00559. The van der Waals surface area contributed by atoms with Crippen molar-refractivity contribution in [2.45, 2.75) is 19.9 Å². The molecule has 6 nitrogen and oxygen atoms in total. The highest BCUT2D eigenvalue weighted by atomic mass is 19.1. The number of benzene rings is 2. The Hall–Kier alpha value is -3.22. The Morgan fingerprint density at radius 2 is 1.97 bits per heavy atom. The van der Waals surface area contributed by atoms with Crippen molar-refractivity contribution in [3.8, 4) is 0 Å². The Balaban J connectivity index is 1.55. The van der Waals surface area contributed by atoms with Gasteiger partial charge in [0.25, 0.3) is 0 Å². The molecule has 150 valence electrons. The van der Waals surface area contributed by atoms with Crippen LogP contribution >= 0.6 is 0 Å². The SMILES string of the molecule is CC(C)C1CN(c2ncnc3ccccc23)CCN1C(=O)Nc1cccc(F)c1. The largest absolute Gasteiger partial charge is 0.352 e. The first kappa shape index (κ1) is 19.1. The molecule has 0 saturated carbocycles. The second-order valence-electron chi connectivity index (χ2n) is 7.61. The highest BCUT2D eigenvalue weighted by Gasteiger charge is 2.33. The van der Waals surface area contributed by atoms with Gasteiger partial charge in [0, 0.05) is 30.7 Å². The molecule has 0 aliphatic carbocycles. The predicted octanol–water partition coefficient (Wildman–Crippen LogP) is 4.15. The van der Waals surface area contributed by atoms with Crippen LogP contribution < -0.4 is 10.2 Å². The van der Waals surface area contributed by atoms with Crippen LogP contribution in [0.3, 0.4) is 0 Å². The molecule has 0 radical (unpaired) electrons. The number of piperazine rings is 1. The van der Waals surface area contributed by atoms with Crippen molar-refractivity contribution >= 4 is 28.4 Å². The summed E-state index contributed by atoms with van der Waals surface area (Å²) in [5.41, 5.74) is 1.37. The maximum Gasteiger partial charge on any atom is 0.322 e. The fraction of sp³-hybridized carbons (Fsp3) is 0.318. The van der Waals surface area contributed by atoms with E-state index < -0.39 is 0 Å². The third-order valence-corrected chi connectivity index (χ3v) is 5.35. The molecule has 1 aliphatic heterocycles.